The molecule has 0 saturated carbocycles. The van der Waals surface area contributed by atoms with Gasteiger partial charge in [0.05, 0.1) is 5.97 Å². The minimum atomic E-state index is -2.97. The van der Waals surface area contributed by atoms with Crippen LogP contribution in [-0.4, -0.2) is 35.9 Å². The van der Waals surface area contributed by atoms with Crippen molar-refractivity contribution < 1.29 is 227 Å². The van der Waals surface area contributed by atoms with E-state index in [1.807, 2.05) is 0 Å². The fourth-order valence-corrected chi connectivity index (χ4v) is 0.684. The van der Waals surface area contributed by atoms with Gasteiger partial charge >= 0.3 is 177 Å². The molecule has 0 aliphatic rings. The van der Waals surface area contributed by atoms with Crippen LogP contribution >= 0.6 is 0 Å². The number of carboxylic acid groups (broad SMARTS) is 3. The first-order valence-corrected chi connectivity index (χ1v) is 3.82. The molecule has 0 radical (unpaired) electrons. The van der Waals surface area contributed by atoms with Crippen LogP contribution in [0.2, 0.25) is 0 Å². The molecule has 0 aromatic carbocycles. The molecule has 0 aromatic heterocycles. The summed E-state index contributed by atoms with van der Waals surface area (Å²) < 4.78 is 0. The van der Waals surface area contributed by atoms with E-state index in [1.54, 1.807) is 0 Å². The van der Waals surface area contributed by atoms with Crippen molar-refractivity contribution in [2.24, 2.45) is 0 Å². The first-order valence-electron chi connectivity index (χ1n) is 3.82. The molecule has 0 saturated heterocycles. The molecule has 0 fully saturated rings. The molecule has 0 unspecified atom stereocenters. The minimum absolute atomic E-state index is 0. The SMILES string of the molecule is O=C([O-])CC(O)(CC(=O)[O-])C(=O)[O-].[Na+].[Na+].[Na+].[Na+].[Na+].[Na+].[O-]B([O-])[O-]. The maximum Gasteiger partial charge on any atom is 1.00 e. The van der Waals surface area contributed by atoms with Crippen molar-refractivity contribution in [1.29, 1.82) is 0 Å². The third kappa shape index (κ3) is 37.7. The van der Waals surface area contributed by atoms with Crippen molar-refractivity contribution in [1.82, 2.24) is 0 Å². The molecule has 0 atom stereocenters. The summed E-state index contributed by atoms with van der Waals surface area (Å²) in [6, 6.07) is 0. The van der Waals surface area contributed by atoms with Crippen molar-refractivity contribution in [3.63, 3.8) is 0 Å². The zero-order valence-electron chi connectivity index (χ0n) is 14.1. The van der Waals surface area contributed by atoms with Crippen LogP contribution in [0.3, 0.4) is 0 Å². The van der Waals surface area contributed by atoms with Gasteiger partial charge in [-0.15, -0.1) is 0 Å². The van der Waals surface area contributed by atoms with Gasteiger partial charge in [0, 0.05) is 24.8 Å². The van der Waals surface area contributed by atoms with E-state index in [1.165, 1.54) is 0 Å². The number of hydrogen-bond acceptors (Lipinski definition) is 10. The number of carboxylic acids is 3. The van der Waals surface area contributed by atoms with Crippen molar-refractivity contribution in [3.05, 3.63) is 0 Å². The molecule has 0 spiro atoms. The van der Waals surface area contributed by atoms with Gasteiger partial charge in [-0.3, -0.25) is 7.32 Å². The predicted molar refractivity (Wildman–Crippen MR) is 35.0 cm³/mol. The molecule has 0 amide bonds. The fraction of sp³-hybridized carbons (Fsp3) is 0.500. The Kier molecular flexibility index (Phi) is 62.9. The Balaban J connectivity index is -0.0000000339. The van der Waals surface area contributed by atoms with Crippen LogP contribution < -0.4 is 208 Å². The monoisotopic (exact) mass is 386 g/mol. The molecule has 0 rings (SSSR count). The second-order valence-electron chi connectivity index (χ2n) is 2.71. The molecule has 0 aliphatic carbocycles. The Morgan fingerprint density at radius 2 is 0.913 bits per heavy atom. The molecule has 17 heteroatoms. The normalized spacial score (nSPS) is 7.30. The van der Waals surface area contributed by atoms with Crippen LogP contribution in [0.5, 0.6) is 0 Å². The van der Waals surface area contributed by atoms with E-state index in [-0.39, 0.29) is 177 Å². The van der Waals surface area contributed by atoms with Crippen LogP contribution in [-0.2, 0) is 14.4 Å². The summed E-state index contributed by atoms with van der Waals surface area (Å²) in [6.07, 6.45) is -2.72. The zero-order valence-corrected chi connectivity index (χ0v) is 26.1. The fourth-order valence-electron chi connectivity index (χ4n) is 0.684. The smallest absolute Gasteiger partial charge is 0.907 e. The Morgan fingerprint density at radius 3 is 1.00 bits per heavy atom. The second-order valence-corrected chi connectivity index (χ2v) is 2.71. The van der Waals surface area contributed by atoms with Crippen LogP contribution in [0.1, 0.15) is 12.8 Å². The third-order valence-electron chi connectivity index (χ3n) is 1.25. The number of aliphatic carboxylic acids is 3. The number of hydrogen-bond donors (Lipinski definition) is 1. The van der Waals surface area contributed by atoms with Gasteiger partial charge in [-0.25, -0.2) is 0 Å². The van der Waals surface area contributed by atoms with Gasteiger partial charge in [0.25, 0.3) is 0 Å². The average molecular weight is 386 g/mol. The Hall–Kier alpha value is 4.31. The predicted octanol–water partition coefficient (Wildman–Crippen LogP) is -27.2. The van der Waals surface area contributed by atoms with Crippen molar-refractivity contribution in [3.8, 4) is 0 Å². The maximum absolute atomic E-state index is 10.1. The summed E-state index contributed by atoms with van der Waals surface area (Å²) in [5.74, 6) is -5.98. The number of carbonyl (C=O) groups excluding carboxylic acids is 3. The Bertz CT molecular complexity index is 287. The topological polar surface area (TPSA) is 210 Å². The summed E-state index contributed by atoms with van der Waals surface area (Å²) in [5.41, 5.74) is -2.97. The standard InChI is InChI=1S/C6H8O7.BO3.6Na/c7-3(8)1-6(13,5(11)12)2-4(9)10;2-1(3)4;;;;;;/h13H,1-2H2,(H,7,8)(H,9,10)(H,11,12);;;;;;;/q;-3;6*+1/p-3. The first kappa shape index (κ1) is 50.7. The van der Waals surface area contributed by atoms with Crippen molar-refractivity contribution >= 4 is 25.2 Å². The summed E-state index contributed by atoms with van der Waals surface area (Å²) in [4.78, 5) is 30.0. The van der Waals surface area contributed by atoms with Gasteiger partial charge in [-0.2, -0.15) is 0 Å². The van der Waals surface area contributed by atoms with E-state index >= 15 is 0 Å². The molecule has 10 nitrogen and oxygen atoms in total. The molecule has 0 bridgehead atoms. The van der Waals surface area contributed by atoms with Crippen LogP contribution in [0.25, 0.3) is 0 Å². The van der Waals surface area contributed by atoms with E-state index in [2.05, 4.69) is 0 Å². The molecule has 98 valence electrons. The summed E-state index contributed by atoms with van der Waals surface area (Å²) in [5, 5.41) is 64.2. The van der Waals surface area contributed by atoms with Crippen LogP contribution in [0.15, 0.2) is 0 Å². The Labute approximate surface area is 265 Å². The summed E-state index contributed by atoms with van der Waals surface area (Å²) >= 11 is 0. The second kappa shape index (κ2) is 28.5. The molecule has 0 heterocycles. The van der Waals surface area contributed by atoms with E-state index in [0.29, 0.717) is 0 Å². The van der Waals surface area contributed by atoms with E-state index in [9.17, 15) is 29.7 Å². The molecule has 23 heavy (non-hydrogen) atoms. The molecular weight excluding hydrogens is 381 g/mol. The van der Waals surface area contributed by atoms with Gasteiger partial charge < -0.3 is 49.9 Å². The van der Waals surface area contributed by atoms with Crippen LogP contribution in [0, 0.1) is 0 Å². The summed E-state index contributed by atoms with van der Waals surface area (Å²) in [7, 11) is -2.92. The maximum atomic E-state index is 10.1. The minimum Gasteiger partial charge on any atom is -0.907 e. The molecule has 0 aromatic rings. The Morgan fingerprint density at radius 1 is 0.739 bits per heavy atom. The summed E-state index contributed by atoms with van der Waals surface area (Å²) in [6.45, 7) is 0. The molecule has 0 aliphatic heterocycles. The van der Waals surface area contributed by atoms with Crippen molar-refractivity contribution in [2.45, 2.75) is 18.4 Å². The quantitative estimate of drug-likeness (QED) is 0.441. The van der Waals surface area contributed by atoms with Gasteiger partial charge in [0.2, 0.25) is 0 Å². The van der Waals surface area contributed by atoms with Crippen LogP contribution in [0.4, 0.5) is 0 Å². The number of aliphatic hydroxyl groups is 1. The van der Waals surface area contributed by atoms with E-state index in [0.717, 1.165) is 0 Å². The van der Waals surface area contributed by atoms with Gasteiger partial charge in [0.1, 0.15) is 5.60 Å². The van der Waals surface area contributed by atoms with Gasteiger partial charge in [-0.1, -0.05) is 0 Å². The van der Waals surface area contributed by atoms with Crippen molar-refractivity contribution in [2.75, 3.05) is 0 Å². The van der Waals surface area contributed by atoms with E-state index in [4.69, 9.17) is 20.2 Å². The first-order chi connectivity index (χ1) is 7.51. The largest absolute Gasteiger partial charge is 1.00 e. The van der Waals surface area contributed by atoms with Gasteiger partial charge in [-0.05, 0) is 0 Å². The molecular formula is C6H5BNa6O10. The van der Waals surface area contributed by atoms with Gasteiger partial charge in [0.15, 0.2) is 0 Å². The average Bonchev–Trinajstić information content (AvgIpc) is 1.98. The number of carbonyl (C=O) groups is 3. The zero-order chi connectivity index (χ0) is 14.2. The third-order valence-corrected chi connectivity index (χ3v) is 1.25. The molecule has 1 N–H and O–H groups in total. The number of rotatable bonds is 5. The van der Waals surface area contributed by atoms with E-state index < -0.39 is 43.7 Å².